The van der Waals surface area contributed by atoms with Crippen molar-refractivity contribution in [2.75, 3.05) is 6.54 Å². The van der Waals surface area contributed by atoms with E-state index in [9.17, 15) is 9.90 Å². The lowest BCUT2D eigenvalue weighted by atomic mass is 10.1. The highest BCUT2D eigenvalue weighted by Crippen LogP contribution is 2.23. The van der Waals surface area contributed by atoms with Crippen LogP contribution < -0.4 is 5.32 Å². The van der Waals surface area contributed by atoms with Crippen LogP contribution in [0.1, 0.15) is 13.3 Å². The molecule has 2 rings (SSSR count). The summed E-state index contributed by atoms with van der Waals surface area (Å²) in [6.07, 6.45) is 2.96. The van der Waals surface area contributed by atoms with Crippen LogP contribution in [0.5, 0.6) is 0 Å². The number of aliphatic hydroxyl groups excluding tert-OH is 1. The van der Waals surface area contributed by atoms with Crippen LogP contribution in [0, 0.1) is 0 Å². The second kappa shape index (κ2) is 5.77. The molecule has 2 aliphatic rings. The monoisotopic (exact) mass is 301 g/mol. The lowest BCUT2D eigenvalue weighted by Crippen LogP contribution is -2.39. The van der Waals surface area contributed by atoms with Crippen LogP contribution >= 0.6 is 23.2 Å². The van der Waals surface area contributed by atoms with Crippen LogP contribution in [0.2, 0.25) is 0 Å². The highest BCUT2D eigenvalue weighted by atomic mass is 35.5. The van der Waals surface area contributed by atoms with Crippen molar-refractivity contribution in [2.24, 2.45) is 4.99 Å². The fourth-order valence-electron chi connectivity index (χ4n) is 1.88. The van der Waals surface area contributed by atoms with Gasteiger partial charge in [0.1, 0.15) is 0 Å². The number of halogens is 2. The van der Waals surface area contributed by atoms with E-state index in [1.807, 2.05) is 6.92 Å². The highest BCUT2D eigenvalue weighted by Gasteiger charge is 2.37. The first-order valence-electron chi connectivity index (χ1n) is 5.77. The van der Waals surface area contributed by atoms with Gasteiger partial charge in [0.05, 0.1) is 10.7 Å². The van der Waals surface area contributed by atoms with E-state index in [0.717, 1.165) is 17.7 Å². The van der Waals surface area contributed by atoms with Crippen molar-refractivity contribution in [1.29, 1.82) is 0 Å². The molecule has 5 nitrogen and oxygen atoms in total. The summed E-state index contributed by atoms with van der Waals surface area (Å²) in [6, 6.07) is 0. The molecule has 0 aliphatic carbocycles. The van der Waals surface area contributed by atoms with Crippen LogP contribution in [0.15, 0.2) is 39.0 Å². The number of allylic oxidation sites excluding steroid dienone is 3. The lowest BCUT2D eigenvalue weighted by Gasteiger charge is -2.26. The number of fused-ring (bicyclic) bond motifs is 1. The molecule has 0 aromatic carbocycles. The molecule has 1 atom stereocenters. The molecule has 2 heterocycles. The van der Waals surface area contributed by atoms with E-state index in [2.05, 4.69) is 10.3 Å². The minimum atomic E-state index is -1.17. The van der Waals surface area contributed by atoms with Gasteiger partial charge in [-0.25, -0.2) is 4.99 Å². The summed E-state index contributed by atoms with van der Waals surface area (Å²) in [7, 11) is 0. The number of aliphatic imine (C=N–C) groups is 1. The SMILES string of the molecule is CCC1=C(/C=C\C(Cl)=C\Cl)N=C2NC(=O)C(O)N2C1. The van der Waals surface area contributed by atoms with Gasteiger partial charge in [0, 0.05) is 12.1 Å². The normalized spacial score (nSPS) is 23.9. The molecule has 1 amide bonds. The van der Waals surface area contributed by atoms with E-state index in [1.165, 1.54) is 10.4 Å². The topological polar surface area (TPSA) is 64.9 Å². The Labute approximate surface area is 120 Å². The molecule has 0 aromatic heterocycles. The molecule has 0 spiro atoms. The first-order valence-corrected chi connectivity index (χ1v) is 6.58. The molecule has 2 N–H and O–H groups in total. The van der Waals surface area contributed by atoms with Crippen molar-refractivity contribution >= 4 is 35.1 Å². The van der Waals surface area contributed by atoms with Gasteiger partial charge in [-0.1, -0.05) is 30.1 Å². The number of hydrogen-bond acceptors (Lipinski definition) is 4. The van der Waals surface area contributed by atoms with E-state index in [-0.39, 0.29) is 0 Å². The zero-order valence-corrected chi connectivity index (χ0v) is 11.7. The first kappa shape index (κ1) is 14.1. The van der Waals surface area contributed by atoms with Gasteiger partial charge in [-0.15, -0.1) is 0 Å². The van der Waals surface area contributed by atoms with Crippen LogP contribution in [0.25, 0.3) is 0 Å². The summed E-state index contributed by atoms with van der Waals surface area (Å²) in [5.74, 6) is -0.0987. The van der Waals surface area contributed by atoms with Crippen molar-refractivity contribution in [3.8, 4) is 0 Å². The van der Waals surface area contributed by atoms with E-state index in [1.54, 1.807) is 12.2 Å². The molecule has 19 heavy (non-hydrogen) atoms. The van der Waals surface area contributed by atoms with E-state index in [4.69, 9.17) is 23.2 Å². The maximum absolute atomic E-state index is 11.4. The Balaban J connectivity index is 2.29. The molecule has 1 saturated heterocycles. The predicted molar refractivity (Wildman–Crippen MR) is 74.5 cm³/mol. The molecule has 1 fully saturated rings. The van der Waals surface area contributed by atoms with Gasteiger partial charge < -0.3 is 10.0 Å². The summed E-state index contributed by atoms with van der Waals surface area (Å²) in [4.78, 5) is 17.2. The second-order valence-electron chi connectivity index (χ2n) is 4.10. The van der Waals surface area contributed by atoms with Crippen molar-refractivity contribution in [2.45, 2.75) is 19.6 Å². The number of carbonyl (C=O) groups is 1. The number of aliphatic hydroxyl groups is 1. The van der Waals surface area contributed by atoms with Gasteiger partial charge in [-0.3, -0.25) is 10.1 Å². The summed E-state index contributed by atoms with van der Waals surface area (Å²) < 4.78 is 0. The molecule has 1 unspecified atom stereocenters. The number of hydrogen-bond donors (Lipinski definition) is 2. The Morgan fingerprint density at radius 3 is 3.05 bits per heavy atom. The predicted octanol–water partition coefficient (Wildman–Crippen LogP) is 1.65. The molecule has 0 bridgehead atoms. The van der Waals surface area contributed by atoms with Crippen molar-refractivity contribution in [1.82, 2.24) is 10.2 Å². The van der Waals surface area contributed by atoms with E-state index < -0.39 is 12.1 Å². The van der Waals surface area contributed by atoms with E-state index >= 15 is 0 Å². The first-order chi connectivity index (χ1) is 9.06. The summed E-state index contributed by atoms with van der Waals surface area (Å²) in [5.41, 5.74) is 2.99. The van der Waals surface area contributed by atoms with Crippen LogP contribution in [0.3, 0.4) is 0 Å². The quantitative estimate of drug-likeness (QED) is 0.779. The Kier molecular flexibility index (Phi) is 4.29. The van der Waals surface area contributed by atoms with Gasteiger partial charge in [-0.2, -0.15) is 0 Å². The zero-order chi connectivity index (χ0) is 14.0. The number of guanidine groups is 1. The number of amides is 1. The molecule has 0 aromatic rings. The molecule has 2 aliphatic heterocycles. The lowest BCUT2D eigenvalue weighted by molar-refractivity contribution is -0.130. The number of nitrogens with zero attached hydrogens (tertiary/aromatic N) is 2. The average Bonchev–Trinajstić information content (AvgIpc) is 2.69. The van der Waals surface area contributed by atoms with Gasteiger partial charge in [0.2, 0.25) is 12.2 Å². The van der Waals surface area contributed by atoms with E-state index in [0.29, 0.717) is 17.5 Å². The molecule has 0 saturated carbocycles. The fraction of sp³-hybridized carbons (Fsp3) is 0.333. The van der Waals surface area contributed by atoms with Crippen LogP contribution in [0.4, 0.5) is 0 Å². The average molecular weight is 302 g/mol. The van der Waals surface area contributed by atoms with Gasteiger partial charge in [0.25, 0.3) is 5.91 Å². The molecular formula is C12H13Cl2N3O2. The van der Waals surface area contributed by atoms with Crippen LogP contribution in [-0.2, 0) is 4.79 Å². The second-order valence-corrected chi connectivity index (χ2v) is 4.75. The minimum absolute atomic E-state index is 0.361. The Hall–Kier alpha value is -1.30. The Bertz CT molecular complexity index is 523. The summed E-state index contributed by atoms with van der Waals surface area (Å²) in [6.45, 7) is 2.44. The Morgan fingerprint density at radius 1 is 1.68 bits per heavy atom. The van der Waals surface area contributed by atoms with Crippen LogP contribution in [-0.4, -0.2) is 34.6 Å². The number of carbonyl (C=O) groups excluding carboxylic acids is 1. The van der Waals surface area contributed by atoms with Crippen molar-refractivity contribution in [3.05, 3.63) is 34.0 Å². The smallest absolute Gasteiger partial charge is 0.276 e. The Morgan fingerprint density at radius 2 is 2.42 bits per heavy atom. The molecule has 0 radical (unpaired) electrons. The number of rotatable bonds is 3. The summed E-state index contributed by atoms with van der Waals surface area (Å²) >= 11 is 11.3. The third-order valence-electron chi connectivity index (χ3n) is 2.92. The van der Waals surface area contributed by atoms with Gasteiger partial charge in [0.15, 0.2) is 0 Å². The third kappa shape index (κ3) is 2.83. The van der Waals surface area contributed by atoms with Crippen molar-refractivity contribution < 1.29 is 9.90 Å². The molecular weight excluding hydrogens is 289 g/mol. The minimum Gasteiger partial charge on any atom is -0.365 e. The van der Waals surface area contributed by atoms with Gasteiger partial charge >= 0.3 is 0 Å². The molecule has 7 heteroatoms. The van der Waals surface area contributed by atoms with Gasteiger partial charge in [-0.05, 0) is 24.1 Å². The largest absolute Gasteiger partial charge is 0.365 e. The third-order valence-corrected chi connectivity index (χ3v) is 3.50. The fourth-order valence-corrected chi connectivity index (χ4v) is 2.02. The standard InChI is InChI=1S/C12H13Cl2N3O2/c1-2-7-6-17-11(19)10(18)16-12(17)15-9(7)4-3-8(14)5-13/h3-5,11,19H,2,6H2,1H3,(H,15,16,18)/b4-3-,8-5-. The molecule has 102 valence electrons. The zero-order valence-electron chi connectivity index (χ0n) is 10.2. The maximum atomic E-state index is 11.4. The number of nitrogens with one attached hydrogen (secondary N) is 1. The highest BCUT2D eigenvalue weighted by molar-refractivity contribution is 6.37. The maximum Gasteiger partial charge on any atom is 0.276 e. The summed E-state index contributed by atoms with van der Waals surface area (Å²) in [5, 5.41) is 12.6. The van der Waals surface area contributed by atoms with Crippen molar-refractivity contribution in [3.63, 3.8) is 0 Å².